The smallest absolute Gasteiger partial charge is 0.240 e. The van der Waals surface area contributed by atoms with Gasteiger partial charge in [0.1, 0.15) is 5.75 Å². The number of carbonyl (C=O) groups is 1. The van der Waals surface area contributed by atoms with E-state index in [9.17, 15) is 13.2 Å². The molecular weight excluding hydrogens is 396 g/mol. The third-order valence-corrected chi connectivity index (χ3v) is 6.24. The van der Waals surface area contributed by atoms with Crippen LogP contribution in [0.5, 0.6) is 17.2 Å². The molecule has 1 heterocycles. The van der Waals surface area contributed by atoms with E-state index in [1.54, 1.807) is 24.1 Å². The molecule has 0 saturated carbocycles. The van der Waals surface area contributed by atoms with Crippen molar-refractivity contribution in [1.29, 1.82) is 0 Å². The molecule has 1 atom stereocenters. The summed E-state index contributed by atoms with van der Waals surface area (Å²) >= 11 is 0. The van der Waals surface area contributed by atoms with Crippen molar-refractivity contribution >= 4 is 21.6 Å². The molecule has 0 spiro atoms. The van der Waals surface area contributed by atoms with Crippen LogP contribution in [0, 0.1) is 5.92 Å². The van der Waals surface area contributed by atoms with Crippen LogP contribution in [0.25, 0.3) is 0 Å². The van der Waals surface area contributed by atoms with Gasteiger partial charge in [-0.05, 0) is 42.3 Å². The minimum absolute atomic E-state index is 0.0366. The van der Waals surface area contributed by atoms with E-state index in [2.05, 4.69) is 4.72 Å². The van der Waals surface area contributed by atoms with Crippen LogP contribution in [-0.4, -0.2) is 48.7 Å². The fourth-order valence-corrected chi connectivity index (χ4v) is 4.36. The highest BCUT2D eigenvalue weighted by molar-refractivity contribution is 7.89. The Bertz CT molecular complexity index is 975. The minimum atomic E-state index is -3.75. The van der Waals surface area contributed by atoms with Gasteiger partial charge in [0.05, 0.1) is 26.2 Å². The summed E-state index contributed by atoms with van der Waals surface area (Å²) in [6.45, 7) is 0.606. The molecule has 1 aliphatic heterocycles. The van der Waals surface area contributed by atoms with Crippen molar-refractivity contribution in [3.8, 4) is 17.2 Å². The molecule has 2 aromatic rings. The van der Waals surface area contributed by atoms with Crippen molar-refractivity contribution in [3.63, 3.8) is 0 Å². The Morgan fingerprint density at radius 1 is 1.00 bits per heavy atom. The minimum Gasteiger partial charge on any atom is -0.497 e. The first-order valence-corrected chi connectivity index (χ1v) is 10.5. The second-order valence-electron chi connectivity index (χ2n) is 6.64. The molecule has 8 nitrogen and oxygen atoms in total. The summed E-state index contributed by atoms with van der Waals surface area (Å²) in [6.07, 6.45) is 0.278. The molecule has 29 heavy (non-hydrogen) atoms. The first kappa shape index (κ1) is 20.9. The lowest BCUT2D eigenvalue weighted by atomic mass is 10.1. The topological polar surface area (TPSA) is 94.2 Å². The summed E-state index contributed by atoms with van der Waals surface area (Å²) in [5.41, 5.74) is 0.765. The average Bonchev–Trinajstić information content (AvgIpc) is 3.12. The molecule has 0 radical (unpaired) electrons. The summed E-state index contributed by atoms with van der Waals surface area (Å²) in [5.74, 6) is 1.32. The number of methoxy groups -OCH3 is 3. The van der Waals surface area contributed by atoms with Gasteiger partial charge in [0.2, 0.25) is 15.9 Å². The summed E-state index contributed by atoms with van der Waals surface area (Å²) in [4.78, 5) is 14.1. The average molecular weight is 420 g/mol. The molecule has 9 heteroatoms. The van der Waals surface area contributed by atoms with Crippen LogP contribution in [0.15, 0.2) is 47.4 Å². The van der Waals surface area contributed by atoms with Crippen LogP contribution in [-0.2, 0) is 14.8 Å². The highest BCUT2D eigenvalue weighted by atomic mass is 32.2. The number of anilines is 1. The van der Waals surface area contributed by atoms with Crippen LogP contribution in [0.1, 0.15) is 6.42 Å². The summed E-state index contributed by atoms with van der Waals surface area (Å²) in [5, 5.41) is 0. The maximum absolute atomic E-state index is 12.6. The fourth-order valence-electron chi connectivity index (χ4n) is 3.22. The molecule has 0 aromatic heterocycles. The zero-order chi connectivity index (χ0) is 21.0. The first-order chi connectivity index (χ1) is 13.9. The molecule has 1 N–H and O–H groups in total. The summed E-state index contributed by atoms with van der Waals surface area (Å²) in [7, 11) is 0.760. The third kappa shape index (κ3) is 4.63. The number of carbonyl (C=O) groups excluding carboxylic acids is 1. The lowest BCUT2D eigenvalue weighted by molar-refractivity contribution is -0.117. The molecule has 156 valence electrons. The van der Waals surface area contributed by atoms with Crippen LogP contribution >= 0.6 is 0 Å². The maximum Gasteiger partial charge on any atom is 0.240 e. The number of nitrogens with one attached hydrogen (secondary N) is 1. The van der Waals surface area contributed by atoms with Crippen LogP contribution in [0.4, 0.5) is 5.69 Å². The van der Waals surface area contributed by atoms with E-state index < -0.39 is 10.0 Å². The summed E-state index contributed by atoms with van der Waals surface area (Å²) < 4.78 is 43.3. The van der Waals surface area contributed by atoms with Gasteiger partial charge in [-0.25, -0.2) is 13.1 Å². The van der Waals surface area contributed by atoms with Crippen LogP contribution in [0.3, 0.4) is 0 Å². The monoisotopic (exact) mass is 420 g/mol. The lowest BCUT2D eigenvalue weighted by Crippen LogP contribution is -2.31. The zero-order valence-corrected chi connectivity index (χ0v) is 17.4. The standard InChI is InChI=1S/C20H24N2O6S/c1-26-16-6-4-15(5-7-16)22-13-14(10-20(22)23)12-21-29(24,25)17-8-9-18(27-2)19(11-17)28-3/h4-9,11,14,21H,10,12-13H2,1-3H3/t14-/m0/s1. The van der Waals surface area contributed by atoms with Crippen molar-refractivity contribution < 1.29 is 27.4 Å². The predicted octanol–water partition coefficient (Wildman–Crippen LogP) is 2.04. The van der Waals surface area contributed by atoms with E-state index >= 15 is 0 Å². The van der Waals surface area contributed by atoms with Gasteiger partial charge in [0, 0.05) is 31.3 Å². The first-order valence-electron chi connectivity index (χ1n) is 9.04. The predicted molar refractivity (Wildman–Crippen MR) is 108 cm³/mol. The van der Waals surface area contributed by atoms with Gasteiger partial charge in [0.15, 0.2) is 11.5 Å². The Balaban J connectivity index is 1.65. The van der Waals surface area contributed by atoms with Gasteiger partial charge in [-0.1, -0.05) is 0 Å². The SMILES string of the molecule is COc1ccc(N2C[C@H](CNS(=O)(=O)c3ccc(OC)c(OC)c3)CC2=O)cc1. The van der Waals surface area contributed by atoms with Gasteiger partial charge in [0.25, 0.3) is 0 Å². The normalized spacial score (nSPS) is 16.7. The zero-order valence-electron chi connectivity index (χ0n) is 16.5. The van der Waals surface area contributed by atoms with Gasteiger partial charge in [-0.15, -0.1) is 0 Å². The molecule has 1 saturated heterocycles. The highest BCUT2D eigenvalue weighted by Gasteiger charge is 2.31. The van der Waals surface area contributed by atoms with Crippen molar-refractivity contribution in [1.82, 2.24) is 4.72 Å². The van der Waals surface area contributed by atoms with Gasteiger partial charge < -0.3 is 19.1 Å². The molecule has 2 aromatic carbocycles. The number of sulfonamides is 1. The molecule has 1 aliphatic rings. The second-order valence-corrected chi connectivity index (χ2v) is 8.41. The Morgan fingerprint density at radius 3 is 2.31 bits per heavy atom. The summed E-state index contributed by atoms with van der Waals surface area (Å²) in [6, 6.07) is 11.6. The fraction of sp³-hybridized carbons (Fsp3) is 0.350. The van der Waals surface area contributed by atoms with E-state index in [1.807, 2.05) is 12.1 Å². The molecule has 0 unspecified atom stereocenters. The molecule has 1 fully saturated rings. The largest absolute Gasteiger partial charge is 0.497 e. The number of benzene rings is 2. The van der Waals surface area contributed by atoms with Crippen LogP contribution < -0.4 is 23.8 Å². The number of nitrogens with zero attached hydrogens (tertiary/aromatic N) is 1. The quantitative estimate of drug-likeness (QED) is 0.702. The Labute approximate surface area is 170 Å². The van der Waals surface area contributed by atoms with Gasteiger partial charge in [-0.2, -0.15) is 0 Å². The number of ether oxygens (including phenoxy) is 3. The van der Waals surface area contributed by atoms with E-state index in [0.717, 1.165) is 5.69 Å². The third-order valence-electron chi connectivity index (χ3n) is 4.82. The van der Waals surface area contributed by atoms with Crippen molar-refractivity contribution in [2.24, 2.45) is 5.92 Å². The van der Waals surface area contributed by atoms with Crippen molar-refractivity contribution in [2.45, 2.75) is 11.3 Å². The number of hydrogen-bond acceptors (Lipinski definition) is 6. The highest BCUT2D eigenvalue weighted by Crippen LogP contribution is 2.30. The van der Waals surface area contributed by atoms with Gasteiger partial charge in [-0.3, -0.25) is 4.79 Å². The molecular formula is C20H24N2O6S. The Morgan fingerprint density at radius 2 is 1.69 bits per heavy atom. The van der Waals surface area contributed by atoms with Crippen molar-refractivity contribution in [2.75, 3.05) is 39.3 Å². The van der Waals surface area contributed by atoms with E-state index in [-0.39, 0.29) is 29.7 Å². The molecule has 3 rings (SSSR count). The molecule has 0 aliphatic carbocycles. The van der Waals surface area contributed by atoms with Crippen LogP contribution in [0.2, 0.25) is 0 Å². The maximum atomic E-state index is 12.6. The van der Waals surface area contributed by atoms with Crippen molar-refractivity contribution in [3.05, 3.63) is 42.5 Å². The van der Waals surface area contributed by atoms with E-state index in [1.165, 1.54) is 32.4 Å². The number of hydrogen-bond donors (Lipinski definition) is 1. The number of rotatable bonds is 8. The lowest BCUT2D eigenvalue weighted by Gasteiger charge is -2.17. The Kier molecular flexibility index (Phi) is 6.29. The molecule has 0 bridgehead atoms. The number of amides is 1. The van der Waals surface area contributed by atoms with Gasteiger partial charge >= 0.3 is 0 Å². The van der Waals surface area contributed by atoms with E-state index in [4.69, 9.17) is 14.2 Å². The van der Waals surface area contributed by atoms with E-state index in [0.29, 0.717) is 23.8 Å². The second kappa shape index (κ2) is 8.71. The molecule has 1 amide bonds. The Hall–Kier alpha value is -2.78.